The largest absolute Gasteiger partial charge is 0.357 e. The summed E-state index contributed by atoms with van der Waals surface area (Å²) in [5.74, 6) is 2.71. The van der Waals surface area contributed by atoms with E-state index in [1.165, 1.54) is 5.39 Å². The van der Waals surface area contributed by atoms with Crippen molar-refractivity contribution in [1.82, 2.24) is 19.7 Å². The molecule has 1 saturated heterocycles. The van der Waals surface area contributed by atoms with E-state index in [2.05, 4.69) is 63.8 Å². The average Bonchev–Trinajstić information content (AvgIpc) is 3.11. The molecule has 5 heteroatoms. The lowest BCUT2D eigenvalue weighted by atomic mass is 9.95. The van der Waals surface area contributed by atoms with E-state index in [1.54, 1.807) is 0 Å². The van der Waals surface area contributed by atoms with Crippen molar-refractivity contribution in [3.05, 3.63) is 48.5 Å². The van der Waals surface area contributed by atoms with Crippen molar-refractivity contribution in [3.8, 4) is 0 Å². The van der Waals surface area contributed by atoms with Crippen LogP contribution in [0, 0.1) is 0 Å². The van der Waals surface area contributed by atoms with E-state index in [4.69, 9.17) is 4.98 Å². The van der Waals surface area contributed by atoms with Crippen LogP contribution >= 0.6 is 0 Å². The van der Waals surface area contributed by atoms with Crippen LogP contribution in [0.2, 0.25) is 0 Å². The molecule has 3 heterocycles. The zero-order valence-electron chi connectivity index (χ0n) is 14.3. The molecule has 0 bridgehead atoms. The summed E-state index contributed by atoms with van der Waals surface area (Å²) in [6, 6.07) is 13.0. The summed E-state index contributed by atoms with van der Waals surface area (Å²) < 4.78 is 2.20. The Balaban J connectivity index is 1.50. The van der Waals surface area contributed by atoms with Crippen LogP contribution in [0.4, 0.5) is 5.82 Å². The highest BCUT2D eigenvalue weighted by atomic mass is 15.3. The third-order valence-electron chi connectivity index (χ3n) is 4.92. The molecule has 5 nitrogen and oxygen atoms in total. The molecule has 1 fully saturated rings. The Labute approximate surface area is 142 Å². The highest BCUT2D eigenvalue weighted by Gasteiger charge is 2.25. The highest BCUT2D eigenvalue weighted by molar-refractivity contribution is 5.80. The van der Waals surface area contributed by atoms with Crippen LogP contribution in [-0.4, -0.2) is 32.8 Å². The number of benzene rings is 1. The topological polar surface area (TPSA) is 46.8 Å². The first kappa shape index (κ1) is 15.1. The molecule has 0 unspecified atom stereocenters. The summed E-state index contributed by atoms with van der Waals surface area (Å²) in [4.78, 5) is 7.21. The summed E-state index contributed by atoms with van der Waals surface area (Å²) in [6.07, 6.45) is 4.05. The van der Waals surface area contributed by atoms with E-state index >= 15 is 0 Å². The first-order chi connectivity index (χ1) is 11.7. The van der Waals surface area contributed by atoms with E-state index in [-0.39, 0.29) is 0 Å². The number of hydrogen-bond donors (Lipinski definition) is 0. The minimum Gasteiger partial charge on any atom is -0.357 e. The van der Waals surface area contributed by atoms with Crippen LogP contribution < -0.4 is 4.90 Å². The summed E-state index contributed by atoms with van der Waals surface area (Å²) >= 11 is 0. The number of anilines is 1. The van der Waals surface area contributed by atoms with Crippen LogP contribution in [0.5, 0.6) is 0 Å². The van der Waals surface area contributed by atoms with Gasteiger partial charge in [-0.3, -0.25) is 0 Å². The summed E-state index contributed by atoms with van der Waals surface area (Å²) in [5.41, 5.74) is 1.07. The second kappa shape index (κ2) is 6.23. The summed E-state index contributed by atoms with van der Waals surface area (Å²) in [5, 5.41) is 9.69. The van der Waals surface area contributed by atoms with Gasteiger partial charge in [-0.2, -0.15) is 0 Å². The minimum atomic E-state index is 0.412. The van der Waals surface area contributed by atoms with Gasteiger partial charge >= 0.3 is 0 Å². The smallest absolute Gasteiger partial charge is 0.136 e. The Morgan fingerprint density at radius 2 is 1.83 bits per heavy atom. The molecule has 0 N–H and O–H groups in total. The molecule has 2 aromatic heterocycles. The second-order valence-corrected chi connectivity index (χ2v) is 6.81. The standard InChI is InChI=1S/C19H23N5/c1-14(2)24-13-20-22-19(24)16-9-11-23(12-10-16)18-8-7-15-5-3-4-6-17(15)21-18/h3-8,13-14,16H,9-12H2,1-2H3. The highest BCUT2D eigenvalue weighted by Crippen LogP contribution is 2.30. The first-order valence-electron chi connectivity index (χ1n) is 8.72. The van der Waals surface area contributed by atoms with Gasteiger partial charge in [-0.05, 0) is 44.9 Å². The Morgan fingerprint density at radius 3 is 2.62 bits per heavy atom. The van der Waals surface area contributed by atoms with Crippen molar-refractivity contribution >= 4 is 16.7 Å². The third-order valence-corrected chi connectivity index (χ3v) is 4.92. The zero-order valence-corrected chi connectivity index (χ0v) is 14.3. The van der Waals surface area contributed by atoms with Crippen LogP contribution in [0.15, 0.2) is 42.7 Å². The van der Waals surface area contributed by atoms with E-state index in [9.17, 15) is 0 Å². The molecule has 0 atom stereocenters. The van der Waals surface area contributed by atoms with Gasteiger partial charge < -0.3 is 9.47 Å². The molecule has 24 heavy (non-hydrogen) atoms. The van der Waals surface area contributed by atoms with Gasteiger partial charge in [0.2, 0.25) is 0 Å². The number of pyridine rings is 1. The number of para-hydroxylation sites is 1. The molecule has 0 aliphatic carbocycles. The number of hydrogen-bond acceptors (Lipinski definition) is 4. The van der Waals surface area contributed by atoms with Gasteiger partial charge in [-0.15, -0.1) is 10.2 Å². The van der Waals surface area contributed by atoms with Crippen molar-refractivity contribution in [2.45, 2.75) is 38.6 Å². The third kappa shape index (κ3) is 2.75. The van der Waals surface area contributed by atoms with Crippen molar-refractivity contribution in [2.24, 2.45) is 0 Å². The van der Waals surface area contributed by atoms with Gasteiger partial charge in [0.1, 0.15) is 18.0 Å². The predicted molar refractivity (Wildman–Crippen MR) is 96.3 cm³/mol. The van der Waals surface area contributed by atoms with E-state index in [0.717, 1.165) is 43.1 Å². The minimum absolute atomic E-state index is 0.412. The fourth-order valence-electron chi connectivity index (χ4n) is 3.54. The number of piperidine rings is 1. The van der Waals surface area contributed by atoms with E-state index in [0.29, 0.717) is 12.0 Å². The van der Waals surface area contributed by atoms with Crippen molar-refractivity contribution in [3.63, 3.8) is 0 Å². The number of aromatic nitrogens is 4. The normalized spacial score (nSPS) is 16.2. The maximum absolute atomic E-state index is 4.83. The van der Waals surface area contributed by atoms with Crippen molar-refractivity contribution < 1.29 is 0 Å². The fourth-order valence-corrected chi connectivity index (χ4v) is 3.54. The lowest BCUT2D eigenvalue weighted by Crippen LogP contribution is -2.34. The maximum Gasteiger partial charge on any atom is 0.136 e. The van der Waals surface area contributed by atoms with Gasteiger partial charge in [-0.25, -0.2) is 4.98 Å². The van der Waals surface area contributed by atoms with Gasteiger partial charge in [0, 0.05) is 30.4 Å². The number of fused-ring (bicyclic) bond motifs is 1. The molecule has 0 radical (unpaired) electrons. The number of nitrogens with zero attached hydrogens (tertiary/aromatic N) is 5. The molecular formula is C19H23N5. The van der Waals surface area contributed by atoms with Crippen LogP contribution in [0.1, 0.15) is 44.5 Å². The Kier molecular flexibility index (Phi) is 3.92. The van der Waals surface area contributed by atoms with Crippen molar-refractivity contribution in [1.29, 1.82) is 0 Å². The van der Waals surface area contributed by atoms with Crippen LogP contribution in [0.3, 0.4) is 0 Å². The van der Waals surface area contributed by atoms with Crippen LogP contribution in [-0.2, 0) is 0 Å². The molecule has 0 saturated carbocycles. The lowest BCUT2D eigenvalue weighted by Gasteiger charge is -2.32. The molecule has 0 spiro atoms. The summed E-state index contributed by atoms with van der Waals surface area (Å²) in [6.45, 7) is 6.39. The Morgan fingerprint density at radius 1 is 1.04 bits per heavy atom. The molecule has 4 rings (SSSR count). The Hall–Kier alpha value is -2.43. The van der Waals surface area contributed by atoms with Gasteiger partial charge in [-0.1, -0.05) is 18.2 Å². The zero-order chi connectivity index (χ0) is 16.5. The predicted octanol–water partition coefficient (Wildman–Crippen LogP) is 3.79. The number of rotatable bonds is 3. The van der Waals surface area contributed by atoms with Gasteiger partial charge in [0.05, 0.1) is 5.52 Å². The second-order valence-electron chi connectivity index (χ2n) is 6.81. The average molecular weight is 321 g/mol. The SMILES string of the molecule is CC(C)n1cnnc1C1CCN(c2ccc3ccccc3n2)CC1. The van der Waals surface area contributed by atoms with Crippen molar-refractivity contribution in [2.75, 3.05) is 18.0 Å². The van der Waals surface area contributed by atoms with Gasteiger partial charge in [0.15, 0.2) is 0 Å². The molecular weight excluding hydrogens is 298 g/mol. The molecule has 3 aromatic rings. The molecule has 1 aromatic carbocycles. The van der Waals surface area contributed by atoms with E-state index in [1.807, 2.05) is 12.4 Å². The monoisotopic (exact) mass is 321 g/mol. The quantitative estimate of drug-likeness (QED) is 0.736. The molecule has 1 aliphatic rings. The first-order valence-corrected chi connectivity index (χ1v) is 8.72. The molecule has 0 amide bonds. The lowest BCUT2D eigenvalue weighted by molar-refractivity contribution is 0.448. The Bertz CT molecular complexity index is 830. The molecule has 1 aliphatic heterocycles. The fraction of sp³-hybridized carbons (Fsp3) is 0.421. The van der Waals surface area contributed by atoms with Gasteiger partial charge in [0.25, 0.3) is 0 Å². The molecule has 124 valence electrons. The summed E-state index contributed by atoms with van der Waals surface area (Å²) in [7, 11) is 0. The van der Waals surface area contributed by atoms with Crippen LogP contribution in [0.25, 0.3) is 10.9 Å². The maximum atomic E-state index is 4.83. The van der Waals surface area contributed by atoms with E-state index < -0.39 is 0 Å².